The molecular formula is C24H38N6O4. The number of carbonyl (C=O) groups is 2. The van der Waals surface area contributed by atoms with E-state index in [4.69, 9.17) is 4.74 Å². The van der Waals surface area contributed by atoms with E-state index < -0.39 is 23.6 Å². The number of β-amino-alcohol motifs (C(OH)–C–C–N with tert-alkyl or cyclic N) is 1. The molecule has 1 saturated carbocycles. The highest BCUT2D eigenvalue weighted by Crippen LogP contribution is 2.40. The van der Waals surface area contributed by atoms with E-state index >= 15 is 0 Å². The number of hydrogen-bond donors (Lipinski definition) is 2. The molecule has 1 aromatic rings. The fourth-order valence-corrected chi connectivity index (χ4v) is 5.67. The summed E-state index contributed by atoms with van der Waals surface area (Å²) in [4.78, 5) is 30.9. The molecule has 2 amide bonds. The summed E-state index contributed by atoms with van der Waals surface area (Å²) in [5.41, 5.74) is 0.480. The van der Waals surface area contributed by atoms with Crippen LogP contribution in [0.25, 0.3) is 0 Å². The van der Waals surface area contributed by atoms with Crippen LogP contribution in [0, 0.1) is 5.41 Å². The maximum atomic E-state index is 13.8. The summed E-state index contributed by atoms with van der Waals surface area (Å²) in [5, 5.41) is 22.0. The Balaban J connectivity index is 1.26. The van der Waals surface area contributed by atoms with Crippen LogP contribution >= 0.6 is 0 Å². The topological polar surface area (TPSA) is 113 Å². The second kappa shape index (κ2) is 9.20. The van der Waals surface area contributed by atoms with Gasteiger partial charge in [-0.1, -0.05) is 26.0 Å². The molecule has 0 radical (unpaired) electrons. The zero-order valence-electron chi connectivity index (χ0n) is 20.5. The molecule has 4 heterocycles. The fraction of sp³-hybridized carbons (Fsp3) is 0.833. The van der Waals surface area contributed by atoms with Gasteiger partial charge in [0.25, 0.3) is 0 Å². The van der Waals surface area contributed by atoms with Gasteiger partial charge in [-0.05, 0) is 37.6 Å². The van der Waals surface area contributed by atoms with Crippen LogP contribution in [0.5, 0.6) is 0 Å². The van der Waals surface area contributed by atoms with Crippen LogP contribution < -0.4 is 5.32 Å². The molecule has 4 fully saturated rings. The quantitative estimate of drug-likeness (QED) is 0.624. The van der Waals surface area contributed by atoms with Crippen molar-refractivity contribution in [3.05, 3.63) is 11.9 Å². The highest BCUT2D eigenvalue weighted by Gasteiger charge is 2.45. The number of hydrogen-bond acceptors (Lipinski definition) is 7. The highest BCUT2D eigenvalue weighted by atomic mass is 16.5. The van der Waals surface area contributed by atoms with Crippen LogP contribution in [-0.2, 0) is 14.3 Å². The van der Waals surface area contributed by atoms with Crippen LogP contribution in [0.4, 0.5) is 0 Å². The maximum absolute atomic E-state index is 13.8. The van der Waals surface area contributed by atoms with E-state index in [0.717, 1.165) is 31.6 Å². The third kappa shape index (κ3) is 4.85. The first kappa shape index (κ1) is 23.7. The molecule has 188 valence electrons. The Kier molecular flexibility index (Phi) is 6.41. The number of fused-ring (bicyclic) bond motifs is 1. The maximum Gasteiger partial charge on any atom is 0.248 e. The summed E-state index contributed by atoms with van der Waals surface area (Å²) in [5.74, 6) is 0.00156. The van der Waals surface area contributed by atoms with E-state index in [2.05, 4.69) is 20.5 Å². The molecule has 3 aliphatic heterocycles. The number of nitrogens with zero attached hydrogens (tertiary/aromatic N) is 5. The third-order valence-electron chi connectivity index (χ3n) is 7.67. The molecule has 0 aromatic carbocycles. The number of likely N-dealkylation sites (tertiary alicyclic amines) is 1. The molecule has 10 nitrogen and oxygen atoms in total. The van der Waals surface area contributed by atoms with Crippen molar-refractivity contribution in [1.82, 2.24) is 30.1 Å². The molecule has 0 spiro atoms. The zero-order chi connectivity index (χ0) is 24.0. The molecule has 1 aromatic heterocycles. The second-order valence-corrected chi connectivity index (χ2v) is 11.6. The van der Waals surface area contributed by atoms with Gasteiger partial charge in [0.1, 0.15) is 12.1 Å². The van der Waals surface area contributed by atoms with Crippen molar-refractivity contribution in [2.24, 2.45) is 5.41 Å². The van der Waals surface area contributed by atoms with E-state index in [1.54, 1.807) is 4.68 Å². The molecule has 1 aliphatic carbocycles. The smallest absolute Gasteiger partial charge is 0.248 e. The van der Waals surface area contributed by atoms with Crippen LogP contribution in [0.3, 0.4) is 0 Å². The Bertz CT molecular complexity index is 910. The average Bonchev–Trinajstić information content (AvgIpc) is 3.17. The van der Waals surface area contributed by atoms with Gasteiger partial charge in [0.2, 0.25) is 11.8 Å². The number of aliphatic hydroxyl groups is 1. The van der Waals surface area contributed by atoms with Crippen molar-refractivity contribution >= 4 is 11.8 Å². The predicted molar refractivity (Wildman–Crippen MR) is 124 cm³/mol. The molecule has 10 heteroatoms. The van der Waals surface area contributed by atoms with E-state index in [1.807, 2.05) is 27.0 Å². The first-order valence-electron chi connectivity index (χ1n) is 12.7. The molecule has 5 rings (SSSR count). The number of morpholine rings is 1. The fourth-order valence-electron chi connectivity index (χ4n) is 5.67. The van der Waals surface area contributed by atoms with Crippen molar-refractivity contribution < 1.29 is 19.4 Å². The lowest BCUT2D eigenvalue weighted by atomic mass is 9.85. The van der Waals surface area contributed by atoms with Crippen molar-refractivity contribution in [1.29, 1.82) is 0 Å². The normalized spacial score (nSPS) is 30.9. The second-order valence-electron chi connectivity index (χ2n) is 11.6. The summed E-state index contributed by atoms with van der Waals surface area (Å²) in [6.45, 7) is 9.14. The minimum absolute atomic E-state index is 0.0490. The first-order chi connectivity index (χ1) is 16.2. The Hall–Kier alpha value is -2.04. The van der Waals surface area contributed by atoms with Gasteiger partial charge in [0, 0.05) is 44.2 Å². The van der Waals surface area contributed by atoms with Crippen LogP contribution in [-0.4, -0.2) is 98.8 Å². The minimum atomic E-state index is -0.727. The lowest BCUT2D eigenvalue weighted by Crippen LogP contribution is -2.53. The number of aliphatic hydroxyl groups excluding tert-OH is 1. The van der Waals surface area contributed by atoms with Gasteiger partial charge < -0.3 is 20.1 Å². The standard InChI is InChI=1S/C24H38N6O4/c1-24(2,3)21(30-13-19(26-27-30)15-6-7-15)23(33)29-11-17(31)9-20(29)22(32)25-10-18-12-28-8-4-5-16(28)14-34-18/h13,15-18,20-21,31H,4-12,14H2,1-3H3,(H,25,32)/t16?,17-,18?,20+,21-/m1/s1. The van der Waals surface area contributed by atoms with Crippen LogP contribution in [0.2, 0.25) is 0 Å². The summed E-state index contributed by atoms with van der Waals surface area (Å²) < 4.78 is 7.61. The van der Waals surface area contributed by atoms with Crippen molar-refractivity contribution in [3.63, 3.8) is 0 Å². The molecule has 2 N–H and O–H groups in total. The number of ether oxygens (including phenoxy) is 1. The molecule has 2 unspecified atom stereocenters. The van der Waals surface area contributed by atoms with Gasteiger partial charge in [-0.3, -0.25) is 14.5 Å². The minimum Gasteiger partial charge on any atom is -0.391 e. The third-order valence-corrected chi connectivity index (χ3v) is 7.67. The summed E-state index contributed by atoms with van der Waals surface area (Å²) in [6.07, 6.45) is 5.93. The van der Waals surface area contributed by atoms with Crippen LogP contribution in [0.1, 0.15) is 70.5 Å². The molecule has 0 bridgehead atoms. The molecule has 4 aliphatic rings. The Morgan fingerprint density at radius 2 is 2.06 bits per heavy atom. The van der Waals surface area contributed by atoms with E-state index in [9.17, 15) is 14.7 Å². The van der Waals surface area contributed by atoms with E-state index in [0.29, 0.717) is 25.1 Å². The Morgan fingerprint density at radius 1 is 1.26 bits per heavy atom. The van der Waals surface area contributed by atoms with Gasteiger partial charge in [0.15, 0.2) is 0 Å². The largest absolute Gasteiger partial charge is 0.391 e. The number of rotatable bonds is 6. The van der Waals surface area contributed by atoms with Gasteiger partial charge in [0.05, 0.1) is 24.5 Å². The first-order valence-corrected chi connectivity index (χ1v) is 12.7. The van der Waals surface area contributed by atoms with Crippen molar-refractivity contribution in [3.8, 4) is 0 Å². The summed E-state index contributed by atoms with van der Waals surface area (Å²) >= 11 is 0. The van der Waals surface area contributed by atoms with E-state index in [-0.39, 0.29) is 30.9 Å². The number of amides is 2. The predicted octanol–water partition coefficient (Wildman–Crippen LogP) is 0.684. The van der Waals surface area contributed by atoms with Crippen molar-refractivity contribution in [2.45, 2.75) is 89.1 Å². The zero-order valence-corrected chi connectivity index (χ0v) is 20.5. The van der Waals surface area contributed by atoms with Crippen LogP contribution in [0.15, 0.2) is 6.20 Å². The van der Waals surface area contributed by atoms with Crippen molar-refractivity contribution in [2.75, 3.05) is 32.8 Å². The van der Waals surface area contributed by atoms with Gasteiger partial charge in [-0.25, -0.2) is 4.68 Å². The molecule has 3 saturated heterocycles. The lowest BCUT2D eigenvalue weighted by Gasteiger charge is -2.36. The van der Waals surface area contributed by atoms with E-state index in [1.165, 1.54) is 17.7 Å². The Labute approximate surface area is 201 Å². The number of nitrogens with one attached hydrogen (secondary N) is 1. The summed E-state index contributed by atoms with van der Waals surface area (Å²) in [7, 11) is 0. The highest BCUT2D eigenvalue weighted by molar-refractivity contribution is 5.90. The lowest BCUT2D eigenvalue weighted by molar-refractivity contribution is -0.144. The molecule has 34 heavy (non-hydrogen) atoms. The van der Waals surface area contributed by atoms with Gasteiger partial charge in [-0.15, -0.1) is 5.10 Å². The number of carbonyl (C=O) groups excluding carboxylic acids is 2. The van der Waals surface area contributed by atoms with Gasteiger partial charge >= 0.3 is 0 Å². The number of aromatic nitrogens is 3. The summed E-state index contributed by atoms with van der Waals surface area (Å²) in [6, 6.07) is -0.805. The van der Waals surface area contributed by atoms with Gasteiger partial charge in [-0.2, -0.15) is 0 Å². The monoisotopic (exact) mass is 474 g/mol. The molecular weight excluding hydrogens is 436 g/mol. The Morgan fingerprint density at radius 3 is 2.79 bits per heavy atom. The average molecular weight is 475 g/mol. The SMILES string of the molecule is CC(C)(C)[C@@H](C(=O)N1C[C@H](O)C[C@H]1C(=O)NCC1CN2CCCC2CO1)n1cc(C2CC2)nn1. The molecule has 5 atom stereocenters.